The molecule has 28 heavy (non-hydrogen) atoms. The lowest BCUT2D eigenvalue weighted by Crippen LogP contribution is -2.52. The number of nitrogens with one attached hydrogen (secondary N) is 3. The fourth-order valence-corrected chi connectivity index (χ4v) is 4.59. The smallest absolute Gasteiger partial charge is 0.270 e. The van der Waals surface area contributed by atoms with Gasteiger partial charge in [0.2, 0.25) is 0 Å². The summed E-state index contributed by atoms with van der Waals surface area (Å²) in [6.45, 7) is 2.78. The van der Waals surface area contributed by atoms with Crippen LogP contribution in [0, 0.1) is 0 Å². The highest BCUT2D eigenvalue weighted by molar-refractivity contribution is 7.13. The zero-order chi connectivity index (χ0) is 19.4. The molecule has 0 radical (unpaired) electrons. The molecule has 1 saturated carbocycles. The summed E-state index contributed by atoms with van der Waals surface area (Å²) in [6.07, 6.45) is 5.91. The van der Waals surface area contributed by atoms with Crippen molar-refractivity contribution < 1.29 is 4.79 Å². The van der Waals surface area contributed by atoms with Crippen LogP contribution in [0.2, 0.25) is 0 Å². The monoisotopic (exact) mass is 396 g/mol. The second kappa shape index (κ2) is 8.20. The maximum atomic E-state index is 12.6. The van der Waals surface area contributed by atoms with Gasteiger partial charge in [-0.1, -0.05) is 43.2 Å². The Bertz CT molecular complexity index is 902. The summed E-state index contributed by atoms with van der Waals surface area (Å²) < 4.78 is 0. The molecule has 146 valence electrons. The largest absolute Gasteiger partial charge is 0.349 e. The van der Waals surface area contributed by atoms with E-state index in [-0.39, 0.29) is 17.5 Å². The molecule has 0 aliphatic heterocycles. The van der Waals surface area contributed by atoms with E-state index in [1.165, 1.54) is 36.1 Å². The topological polar surface area (TPSA) is 95.6 Å². The molecule has 1 amide bonds. The molecule has 0 saturated heterocycles. The summed E-state index contributed by atoms with van der Waals surface area (Å²) in [5, 5.41) is 15.9. The number of amides is 1. The quantitative estimate of drug-likeness (QED) is 0.569. The number of carbonyl (C=O) groups excluding carboxylic acids is 1. The number of H-pyrrole nitrogens is 1. The first kappa shape index (κ1) is 18.8. The molecule has 2 aromatic heterocycles. The summed E-state index contributed by atoms with van der Waals surface area (Å²) in [6, 6.07) is 10.7. The van der Waals surface area contributed by atoms with Crippen molar-refractivity contribution in [2.75, 3.05) is 6.54 Å². The highest BCUT2D eigenvalue weighted by Gasteiger charge is 2.35. The molecule has 3 N–H and O–H groups in total. The van der Waals surface area contributed by atoms with Crippen LogP contribution in [-0.2, 0) is 0 Å². The Kier molecular flexibility index (Phi) is 5.50. The predicted octanol–water partition coefficient (Wildman–Crippen LogP) is 3.32. The van der Waals surface area contributed by atoms with E-state index >= 15 is 0 Å². The first-order valence-electron chi connectivity index (χ1n) is 9.57. The molecule has 3 aromatic rings. The number of benzene rings is 1. The Labute approximate surface area is 168 Å². The van der Waals surface area contributed by atoms with Crippen molar-refractivity contribution in [3.8, 4) is 10.8 Å². The molecule has 7 nitrogen and oxygen atoms in total. The van der Waals surface area contributed by atoms with E-state index in [2.05, 4.69) is 62.0 Å². The van der Waals surface area contributed by atoms with Crippen LogP contribution in [0.15, 0.2) is 42.0 Å². The normalized spacial score (nSPS) is 16.8. The molecular formula is C20H24N6OS. The predicted molar refractivity (Wildman–Crippen MR) is 109 cm³/mol. The van der Waals surface area contributed by atoms with Gasteiger partial charge < -0.3 is 10.6 Å². The van der Waals surface area contributed by atoms with Crippen LogP contribution in [0.25, 0.3) is 10.8 Å². The number of hydrogen-bond donors (Lipinski definition) is 3. The van der Waals surface area contributed by atoms with E-state index < -0.39 is 0 Å². The second-order valence-electron chi connectivity index (χ2n) is 7.32. The minimum absolute atomic E-state index is 0.0747. The number of aromatic amines is 1. The van der Waals surface area contributed by atoms with Gasteiger partial charge in [-0.3, -0.25) is 9.89 Å². The van der Waals surface area contributed by atoms with E-state index in [1.54, 1.807) is 5.38 Å². The molecule has 0 spiro atoms. The van der Waals surface area contributed by atoms with Gasteiger partial charge in [-0.15, -0.1) is 11.3 Å². The van der Waals surface area contributed by atoms with Crippen LogP contribution in [0.5, 0.6) is 0 Å². The maximum Gasteiger partial charge on any atom is 0.270 e. The van der Waals surface area contributed by atoms with Gasteiger partial charge in [0.05, 0.1) is 0 Å². The Morgan fingerprint density at radius 3 is 2.79 bits per heavy atom. The van der Waals surface area contributed by atoms with Crippen molar-refractivity contribution >= 4 is 17.2 Å². The van der Waals surface area contributed by atoms with Gasteiger partial charge in [-0.25, -0.2) is 9.97 Å². The van der Waals surface area contributed by atoms with Gasteiger partial charge in [0, 0.05) is 23.5 Å². The van der Waals surface area contributed by atoms with Gasteiger partial charge in [0.25, 0.3) is 5.91 Å². The van der Waals surface area contributed by atoms with Gasteiger partial charge in [0.15, 0.2) is 10.8 Å². The van der Waals surface area contributed by atoms with Crippen molar-refractivity contribution in [3.63, 3.8) is 0 Å². The molecule has 4 rings (SSSR count). The fourth-order valence-electron chi connectivity index (χ4n) is 3.84. The van der Waals surface area contributed by atoms with E-state index in [9.17, 15) is 4.79 Å². The highest BCUT2D eigenvalue weighted by Crippen LogP contribution is 2.32. The van der Waals surface area contributed by atoms with Crippen molar-refractivity contribution in [1.29, 1.82) is 0 Å². The van der Waals surface area contributed by atoms with Crippen LogP contribution in [0.1, 0.15) is 54.7 Å². The van der Waals surface area contributed by atoms with Crippen molar-refractivity contribution in [2.45, 2.75) is 44.2 Å². The number of thiazole rings is 1. The van der Waals surface area contributed by atoms with Crippen LogP contribution in [-0.4, -0.2) is 38.2 Å². The summed E-state index contributed by atoms with van der Waals surface area (Å²) >= 11 is 1.38. The number of hydrogen-bond acceptors (Lipinski definition) is 6. The fraction of sp³-hybridized carbons (Fsp3) is 0.400. The number of aromatic nitrogens is 4. The Hall–Kier alpha value is -2.58. The third-order valence-corrected chi connectivity index (χ3v) is 6.17. The van der Waals surface area contributed by atoms with Gasteiger partial charge in [-0.2, -0.15) is 5.10 Å². The average molecular weight is 397 g/mol. The zero-order valence-electron chi connectivity index (χ0n) is 15.8. The second-order valence-corrected chi connectivity index (χ2v) is 8.18. The summed E-state index contributed by atoms with van der Waals surface area (Å²) in [7, 11) is 0. The Balaban J connectivity index is 1.40. The average Bonchev–Trinajstić information content (AvgIpc) is 3.48. The molecule has 0 bridgehead atoms. The maximum absolute atomic E-state index is 12.6. The lowest BCUT2D eigenvalue weighted by atomic mass is 9.94. The molecule has 8 heteroatoms. The van der Waals surface area contributed by atoms with Gasteiger partial charge >= 0.3 is 0 Å². The van der Waals surface area contributed by atoms with Crippen LogP contribution < -0.4 is 10.6 Å². The SMILES string of the molecule is CC(NC1(CNC(=O)c2csc(-c3ncn[nH]3)n2)CCCC1)c1ccccc1. The number of nitrogens with zero attached hydrogens (tertiary/aromatic N) is 3. The van der Waals surface area contributed by atoms with Gasteiger partial charge in [-0.05, 0) is 25.3 Å². The highest BCUT2D eigenvalue weighted by atomic mass is 32.1. The molecule has 1 aromatic carbocycles. The molecular weight excluding hydrogens is 372 g/mol. The van der Waals surface area contributed by atoms with E-state index in [1.807, 2.05) is 6.07 Å². The first-order chi connectivity index (χ1) is 13.7. The first-order valence-corrected chi connectivity index (χ1v) is 10.5. The standard InChI is InChI=1S/C20H24N6OS/c1-14(15-7-3-2-4-8-15)25-20(9-5-6-10-20)12-21-18(27)16-11-28-19(24-16)17-22-13-23-26-17/h2-4,7-8,11,13-14,25H,5-6,9-10,12H2,1H3,(H,21,27)(H,22,23,26). The molecule has 1 unspecified atom stereocenters. The van der Waals surface area contributed by atoms with Crippen LogP contribution in [0.3, 0.4) is 0 Å². The number of rotatable bonds is 7. The zero-order valence-corrected chi connectivity index (χ0v) is 16.6. The van der Waals surface area contributed by atoms with Crippen molar-refractivity contribution in [1.82, 2.24) is 30.8 Å². The van der Waals surface area contributed by atoms with E-state index in [4.69, 9.17) is 0 Å². The minimum Gasteiger partial charge on any atom is -0.349 e. The lowest BCUT2D eigenvalue weighted by molar-refractivity contribution is 0.0932. The summed E-state index contributed by atoms with van der Waals surface area (Å²) in [4.78, 5) is 21.1. The van der Waals surface area contributed by atoms with Gasteiger partial charge in [0.1, 0.15) is 12.0 Å². The Morgan fingerprint density at radius 2 is 2.07 bits per heavy atom. The van der Waals surface area contributed by atoms with Crippen LogP contribution >= 0.6 is 11.3 Å². The third kappa shape index (κ3) is 4.13. The minimum atomic E-state index is -0.151. The van der Waals surface area contributed by atoms with E-state index in [0.717, 1.165) is 12.8 Å². The van der Waals surface area contributed by atoms with E-state index in [0.29, 0.717) is 23.1 Å². The molecule has 1 aliphatic carbocycles. The molecule has 1 fully saturated rings. The van der Waals surface area contributed by atoms with Crippen molar-refractivity contribution in [2.24, 2.45) is 0 Å². The number of carbonyl (C=O) groups is 1. The molecule has 2 heterocycles. The summed E-state index contributed by atoms with van der Waals surface area (Å²) in [5.41, 5.74) is 1.60. The lowest BCUT2D eigenvalue weighted by Gasteiger charge is -2.34. The third-order valence-electron chi connectivity index (χ3n) is 5.32. The van der Waals surface area contributed by atoms with Crippen molar-refractivity contribution in [3.05, 3.63) is 53.3 Å². The molecule has 1 aliphatic rings. The summed E-state index contributed by atoms with van der Waals surface area (Å²) in [5.74, 6) is 0.428. The van der Waals surface area contributed by atoms with Crippen LogP contribution in [0.4, 0.5) is 0 Å². The Morgan fingerprint density at radius 1 is 1.29 bits per heavy atom. The molecule has 1 atom stereocenters.